The quantitative estimate of drug-likeness (QED) is 0.643. The summed E-state index contributed by atoms with van der Waals surface area (Å²) in [7, 11) is 0. The Bertz CT molecular complexity index is 142. The van der Waals surface area contributed by atoms with Crippen molar-refractivity contribution in [2.24, 2.45) is 11.8 Å². The van der Waals surface area contributed by atoms with E-state index in [4.69, 9.17) is 0 Å². The standard InChI is InChI=1S/C11H22O/c1-6-9(2)7-8-10(3)11(4,5)12/h7-10,12H,6H2,1-5H3/b8-7+/t9?,10-/m0/s1. The summed E-state index contributed by atoms with van der Waals surface area (Å²) in [6, 6.07) is 0. The molecule has 0 bridgehead atoms. The molecule has 2 atom stereocenters. The third kappa shape index (κ3) is 4.55. The second kappa shape index (κ2) is 4.66. The van der Waals surface area contributed by atoms with E-state index in [1.165, 1.54) is 0 Å². The Morgan fingerprint density at radius 1 is 1.25 bits per heavy atom. The van der Waals surface area contributed by atoms with Gasteiger partial charge >= 0.3 is 0 Å². The summed E-state index contributed by atoms with van der Waals surface area (Å²) >= 11 is 0. The van der Waals surface area contributed by atoms with Gasteiger partial charge in [-0.05, 0) is 19.8 Å². The molecule has 0 spiro atoms. The molecule has 1 unspecified atom stereocenters. The van der Waals surface area contributed by atoms with Crippen molar-refractivity contribution in [3.63, 3.8) is 0 Å². The molecule has 0 heterocycles. The number of aliphatic hydroxyl groups is 1. The zero-order chi connectivity index (χ0) is 9.78. The molecule has 0 rings (SSSR count). The smallest absolute Gasteiger partial charge is 0.0651 e. The zero-order valence-electron chi connectivity index (χ0n) is 8.96. The molecule has 0 amide bonds. The Balaban J connectivity index is 3.99. The van der Waals surface area contributed by atoms with Gasteiger partial charge in [-0.2, -0.15) is 0 Å². The Hall–Kier alpha value is -0.300. The maximum absolute atomic E-state index is 9.62. The van der Waals surface area contributed by atoms with Gasteiger partial charge in [0.15, 0.2) is 0 Å². The molecule has 0 fully saturated rings. The molecular formula is C11H22O. The summed E-state index contributed by atoms with van der Waals surface area (Å²) in [5.74, 6) is 0.848. The number of rotatable bonds is 4. The van der Waals surface area contributed by atoms with E-state index in [2.05, 4.69) is 26.0 Å². The molecule has 0 saturated carbocycles. The summed E-state index contributed by atoms with van der Waals surface area (Å²) in [5.41, 5.74) is -0.593. The molecule has 0 aliphatic carbocycles. The predicted octanol–water partition coefficient (Wildman–Crippen LogP) is 3.00. The summed E-state index contributed by atoms with van der Waals surface area (Å²) in [4.78, 5) is 0. The van der Waals surface area contributed by atoms with Crippen molar-refractivity contribution in [1.29, 1.82) is 0 Å². The van der Waals surface area contributed by atoms with Crippen LogP contribution in [0.3, 0.4) is 0 Å². The zero-order valence-corrected chi connectivity index (χ0v) is 8.96. The lowest BCUT2D eigenvalue weighted by atomic mass is 9.91. The highest BCUT2D eigenvalue weighted by atomic mass is 16.3. The van der Waals surface area contributed by atoms with Crippen molar-refractivity contribution in [1.82, 2.24) is 0 Å². The normalized spacial score (nSPS) is 18.2. The first kappa shape index (κ1) is 11.7. The van der Waals surface area contributed by atoms with Gasteiger partial charge in [0.25, 0.3) is 0 Å². The topological polar surface area (TPSA) is 20.2 Å². The first-order valence-corrected chi connectivity index (χ1v) is 4.78. The van der Waals surface area contributed by atoms with Gasteiger partial charge in [0.1, 0.15) is 0 Å². The Morgan fingerprint density at radius 3 is 2.08 bits per heavy atom. The monoisotopic (exact) mass is 170 g/mol. The molecule has 0 saturated heterocycles. The molecule has 0 radical (unpaired) electrons. The van der Waals surface area contributed by atoms with Crippen LogP contribution in [-0.2, 0) is 0 Å². The van der Waals surface area contributed by atoms with Crippen LogP contribution in [0, 0.1) is 11.8 Å². The fraction of sp³-hybridized carbons (Fsp3) is 0.818. The minimum absolute atomic E-state index is 0.228. The largest absolute Gasteiger partial charge is 0.390 e. The van der Waals surface area contributed by atoms with Crippen LogP contribution >= 0.6 is 0 Å². The molecule has 0 aromatic heterocycles. The lowest BCUT2D eigenvalue weighted by Gasteiger charge is -2.23. The summed E-state index contributed by atoms with van der Waals surface area (Å²) in [6.07, 6.45) is 5.45. The van der Waals surface area contributed by atoms with Crippen LogP contribution in [-0.4, -0.2) is 10.7 Å². The van der Waals surface area contributed by atoms with E-state index >= 15 is 0 Å². The van der Waals surface area contributed by atoms with Gasteiger partial charge in [-0.1, -0.05) is 39.3 Å². The molecule has 0 aliphatic heterocycles. The first-order chi connectivity index (χ1) is 5.38. The second-order valence-corrected chi connectivity index (χ2v) is 4.21. The molecule has 1 heteroatoms. The van der Waals surface area contributed by atoms with Gasteiger partial charge in [0, 0.05) is 5.92 Å². The van der Waals surface area contributed by atoms with Crippen LogP contribution in [0.2, 0.25) is 0 Å². The van der Waals surface area contributed by atoms with Crippen LogP contribution in [0.1, 0.15) is 41.0 Å². The first-order valence-electron chi connectivity index (χ1n) is 4.78. The van der Waals surface area contributed by atoms with Crippen molar-refractivity contribution in [2.75, 3.05) is 0 Å². The minimum Gasteiger partial charge on any atom is -0.390 e. The third-order valence-corrected chi connectivity index (χ3v) is 2.49. The Morgan fingerprint density at radius 2 is 1.75 bits per heavy atom. The Labute approximate surface area is 76.5 Å². The second-order valence-electron chi connectivity index (χ2n) is 4.21. The molecule has 0 aromatic rings. The fourth-order valence-corrected chi connectivity index (χ4v) is 0.728. The number of hydrogen-bond acceptors (Lipinski definition) is 1. The van der Waals surface area contributed by atoms with E-state index in [9.17, 15) is 5.11 Å². The lowest BCUT2D eigenvalue weighted by Crippen LogP contribution is -2.26. The van der Waals surface area contributed by atoms with Gasteiger partial charge < -0.3 is 5.11 Å². The van der Waals surface area contributed by atoms with Gasteiger partial charge in [-0.25, -0.2) is 0 Å². The lowest BCUT2D eigenvalue weighted by molar-refractivity contribution is 0.0439. The highest BCUT2D eigenvalue weighted by Gasteiger charge is 2.19. The maximum atomic E-state index is 9.62. The van der Waals surface area contributed by atoms with Crippen molar-refractivity contribution < 1.29 is 5.11 Å². The molecular weight excluding hydrogens is 148 g/mol. The third-order valence-electron chi connectivity index (χ3n) is 2.49. The van der Waals surface area contributed by atoms with Gasteiger partial charge in [-0.3, -0.25) is 0 Å². The van der Waals surface area contributed by atoms with E-state index in [1.807, 2.05) is 20.8 Å². The van der Waals surface area contributed by atoms with Crippen molar-refractivity contribution in [3.05, 3.63) is 12.2 Å². The van der Waals surface area contributed by atoms with Crippen LogP contribution in [0.15, 0.2) is 12.2 Å². The van der Waals surface area contributed by atoms with Crippen molar-refractivity contribution in [3.8, 4) is 0 Å². The number of allylic oxidation sites excluding steroid dienone is 1. The van der Waals surface area contributed by atoms with E-state index in [1.54, 1.807) is 0 Å². The van der Waals surface area contributed by atoms with Gasteiger partial charge in [0.05, 0.1) is 5.60 Å². The van der Waals surface area contributed by atoms with Crippen molar-refractivity contribution in [2.45, 2.75) is 46.6 Å². The fourth-order valence-electron chi connectivity index (χ4n) is 0.728. The SMILES string of the molecule is CCC(C)/C=C/[C@H](C)C(C)(C)O. The number of hydrogen-bond donors (Lipinski definition) is 1. The average Bonchev–Trinajstić information content (AvgIpc) is 1.97. The van der Waals surface area contributed by atoms with Crippen molar-refractivity contribution >= 4 is 0 Å². The molecule has 0 aromatic carbocycles. The summed E-state index contributed by atoms with van der Waals surface area (Å²) in [6.45, 7) is 10.1. The van der Waals surface area contributed by atoms with Crippen LogP contribution < -0.4 is 0 Å². The van der Waals surface area contributed by atoms with Crippen LogP contribution in [0.5, 0.6) is 0 Å². The molecule has 1 N–H and O–H groups in total. The van der Waals surface area contributed by atoms with Gasteiger partial charge in [0.2, 0.25) is 0 Å². The molecule has 72 valence electrons. The van der Waals surface area contributed by atoms with E-state index in [0.717, 1.165) is 6.42 Å². The average molecular weight is 170 g/mol. The Kier molecular flexibility index (Phi) is 4.54. The van der Waals surface area contributed by atoms with Gasteiger partial charge in [-0.15, -0.1) is 0 Å². The molecule has 12 heavy (non-hydrogen) atoms. The van der Waals surface area contributed by atoms with E-state index in [0.29, 0.717) is 5.92 Å². The summed E-state index contributed by atoms with van der Waals surface area (Å²) in [5, 5.41) is 9.62. The van der Waals surface area contributed by atoms with E-state index in [-0.39, 0.29) is 5.92 Å². The predicted molar refractivity (Wildman–Crippen MR) is 54.1 cm³/mol. The van der Waals surface area contributed by atoms with Crippen LogP contribution in [0.4, 0.5) is 0 Å². The molecule has 1 nitrogen and oxygen atoms in total. The highest BCUT2D eigenvalue weighted by molar-refractivity contribution is 4.95. The summed E-state index contributed by atoms with van der Waals surface area (Å²) < 4.78 is 0. The van der Waals surface area contributed by atoms with Crippen LogP contribution in [0.25, 0.3) is 0 Å². The maximum Gasteiger partial charge on any atom is 0.0651 e. The van der Waals surface area contributed by atoms with E-state index < -0.39 is 5.60 Å². The molecule has 0 aliphatic rings. The minimum atomic E-state index is -0.593. The highest BCUT2D eigenvalue weighted by Crippen LogP contribution is 2.18.